The van der Waals surface area contributed by atoms with Crippen molar-refractivity contribution in [3.05, 3.63) is 17.5 Å². The number of aromatic nitrogens is 1. The molecule has 1 rings (SSSR count). The Balaban J connectivity index is 1.93. The van der Waals surface area contributed by atoms with Gasteiger partial charge in [-0.15, -0.1) is 0 Å². The molecule has 0 saturated heterocycles. The van der Waals surface area contributed by atoms with E-state index in [1.165, 1.54) is 19.3 Å². The van der Waals surface area contributed by atoms with Crippen LogP contribution in [0.4, 0.5) is 0 Å². The highest BCUT2D eigenvalue weighted by atomic mass is 16.5. The van der Waals surface area contributed by atoms with E-state index in [0.717, 1.165) is 37.5 Å². The van der Waals surface area contributed by atoms with Crippen LogP contribution in [-0.4, -0.2) is 18.2 Å². The number of unbranched alkanes of at least 4 members (excludes halogenated alkanes) is 3. The maximum atomic E-state index is 5.41. The summed E-state index contributed by atoms with van der Waals surface area (Å²) in [5, 5.41) is 7.15. The fraction of sp³-hybridized carbons (Fsp3) is 0.727. The number of nitrogens with two attached hydrogens (primary N) is 1. The molecular weight excluding hydrogens is 190 g/mol. The normalized spacial score (nSPS) is 10.8. The topological polar surface area (TPSA) is 64.1 Å². The van der Waals surface area contributed by atoms with E-state index in [-0.39, 0.29) is 0 Å². The fourth-order valence-electron chi connectivity index (χ4n) is 1.46. The number of hydrogen-bond donors (Lipinski definition) is 2. The molecule has 0 unspecified atom stereocenters. The molecular formula is C11H21N3O. The average Bonchev–Trinajstić information content (AvgIpc) is 2.63. The summed E-state index contributed by atoms with van der Waals surface area (Å²) in [5.74, 6) is 0.912. The van der Waals surface area contributed by atoms with Crippen LogP contribution in [0.3, 0.4) is 0 Å². The molecule has 15 heavy (non-hydrogen) atoms. The highest BCUT2D eigenvalue weighted by molar-refractivity contribution is 5.02. The summed E-state index contributed by atoms with van der Waals surface area (Å²) in [4.78, 5) is 0. The van der Waals surface area contributed by atoms with E-state index in [0.29, 0.717) is 0 Å². The number of nitrogens with one attached hydrogen (secondary N) is 1. The van der Waals surface area contributed by atoms with E-state index in [1.807, 2.05) is 13.0 Å². The highest BCUT2D eigenvalue weighted by Crippen LogP contribution is 2.01. The smallest absolute Gasteiger partial charge is 0.150 e. The van der Waals surface area contributed by atoms with Gasteiger partial charge in [0.2, 0.25) is 0 Å². The molecule has 4 nitrogen and oxygen atoms in total. The zero-order chi connectivity index (χ0) is 10.9. The molecule has 0 fully saturated rings. The molecule has 0 atom stereocenters. The van der Waals surface area contributed by atoms with Gasteiger partial charge in [0.25, 0.3) is 0 Å². The third-order valence-corrected chi connectivity index (χ3v) is 2.28. The maximum absolute atomic E-state index is 5.41. The Morgan fingerprint density at radius 1 is 1.33 bits per heavy atom. The number of rotatable bonds is 8. The molecule has 1 heterocycles. The summed E-state index contributed by atoms with van der Waals surface area (Å²) in [6.07, 6.45) is 4.83. The first-order valence-corrected chi connectivity index (χ1v) is 5.66. The molecule has 1 aromatic heterocycles. The summed E-state index contributed by atoms with van der Waals surface area (Å²) < 4.78 is 5.08. The third kappa shape index (κ3) is 5.54. The Bertz CT molecular complexity index is 260. The average molecular weight is 211 g/mol. The van der Waals surface area contributed by atoms with Crippen molar-refractivity contribution in [3.8, 4) is 0 Å². The van der Waals surface area contributed by atoms with Crippen LogP contribution in [0.25, 0.3) is 0 Å². The monoisotopic (exact) mass is 211 g/mol. The second-order valence-corrected chi connectivity index (χ2v) is 3.81. The Morgan fingerprint density at radius 3 is 2.80 bits per heavy atom. The largest absolute Gasteiger partial charge is 0.360 e. The third-order valence-electron chi connectivity index (χ3n) is 2.28. The molecule has 0 saturated carbocycles. The van der Waals surface area contributed by atoms with Crippen LogP contribution >= 0.6 is 0 Å². The number of nitrogens with zero attached hydrogens (tertiary/aromatic N) is 1. The van der Waals surface area contributed by atoms with Crippen LogP contribution in [0.1, 0.15) is 37.1 Å². The lowest BCUT2D eigenvalue weighted by molar-refractivity contribution is 0.369. The molecule has 0 radical (unpaired) electrons. The van der Waals surface area contributed by atoms with Gasteiger partial charge in [0.15, 0.2) is 5.76 Å². The molecule has 0 amide bonds. The Kier molecular flexibility index (Phi) is 6.04. The number of hydrogen-bond acceptors (Lipinski definition) is 4. The lowest BCUT2D eigenvalue weighted by atomic mass is 10.2. The summed E-state index contributed by atoms with van der Waals surface area (Å²) in [7, 11) is 0. The fourth-order valence-corrected chi connectivity index (χ4v) is 1.46. The van der Waals surface area contributed by atoms with Gasteiger partial charge in [-0.25, -0.2) is 0 Å². The van der Waals surface area contributed by atoms with E-state index in [1.54, 1.807) is 0 Å². The minimum Gasteiger partial charge on any atom is -0.360 e. The summed E-state index contributed by atoms with van der Waals surface area (Å²) in [5.41, 5.74) is 6.35. The maximum Gasteiger partial charge on any atom is 0.150 e. The van der Waals surface area contributed by atoms with Gasteiger partial charge in [-0.2, -0.15) is 0 Å². The van der Waals surface area contributed by atoms with Crippen molar-refractivity contribution in [1.82, 2.24) is 10.5 Å². The van der Waals surface area contributed by atoms with Crippen molar-refractivity contribution < 1.29 is 4.52 Å². The van der Waals surface area contributed by atoms with Crippen molar-refractivity contribution in [2.75, 3.05) is 13.1 Å². The Hall–Kier alpha value is -0.870. The van der Waals surface area contributed by atoms with Crippen molar-refractivity contribution in [3.63, 3.8) is 0 Å². The van der Waals surface area contributed by atoms with Crippen molar-refractivity contribution in [2.45, 2.75) is 39.2 Å². The second kappa shape index (κ2) is 7.43. The van der Waals surface area contributed by atoms with Crippen LogP contribution in [0.15, 0.2) is 10.6 Å². The first-order valence-electron chi connectivity index (χ1n) is 5.66. The van der Waals surface area contributed by atoms with Crippen molar-refractivity contribution in [1.29, 1.82) is 0 Å². The summed E-state index contributed by atoms with van der Waals surface area (Å²) in [6, 6.07) is 1.96. The Morgan fingerprint density at radius 2 is 2.13 bits per heavy atom. The lowest BCUT2D eigenvalue weighted by Gasteiger charge is -2.01. The van der Waals surface area contributed by atoms with Gasteiger partial charge in [0, 0.05) is 6.07 Å². The molecule has 0 aromatic carbocycles. The van der Waals surface area contributed by atoms with E-state index in [2.05, 4.69) is 10.5 Å². The van der Waals surface area contributed by atoms with E-state index in [4.69, 9.17) is 10.3 Å². The van der Waals surface area contributed by atoms with E-state index >= 15 is 0 Å². The summed E-state index contributed by atoms with van der Waals surface area (Å²) >= 11 is 0. The molecule has 4 heteroatoms. The first-order chi connectivity index (χ1) is 7.33. The van der Waals surface area contributed by atoms with Crippen LogP contribution in [0, 0.1) is 6.92 Å². The number of aryl methyl sites for hydroxylation is 1. The van der Waals surface area contributed by atoms with Crippen LogP contribution in [0.5, 0.6) is 0 Å². The molecule has 0 bridgehead atoms. The zero-order valence-electron chi connectivity index (χ0n) is 9.46. The second-order valence-electron chi connectivity index (χ2n) is 3.81. The molecule has 0 aliphatic heterocycles. The standard InChI is InChI=1S/C11H21N3O/c1-10-8-11(15-14-10)9-13-7-5-3-2-4-6-12/h8,13H,2-7,9,12H2,1H3. The predicted octanol–water partition coefficient (Wildman–Crippen LogP) is 1.59. The minimum atomic E-state index is 0.776. The van der Waals surface area contributed by atoms with Gasteiger partial charge >= 0.3 is 0 Å². The molecule has 1 aromatic rings. The molecule has 0 spiro atoms. The van der Waals surface area contributed by atoms with Gasteiger partial charge in [0.1, 0.15) is 0 Å². The van der Waals surface area contributed by atoms with Gasteiger partial charge in [-0.1, -0.05) is 18.0 Å². The van der Waals surface area contributed by atoms with E-state index in [9.17, 15) is 0 Å². The van der Waals surface area contributed by atoms with Crippen molar-refractivity contribution in [2.24, 2.45) is 5.73 Å². The minimum absolute atomic E-state index is 0.776. The predicted molar refractivity (Wildman–Crippen MR) is 60.5 cm³/mol. The molecule has 3 N–H and O–H groups in total. The zero-order valence-corrected chi connectivity index (χ0v) is 9.46. The Labute approximate surface area is 91.2 Å². The van der Waals surface area contributed by atoms with Gasteiger partial charge in [0.05, 0.1) is 12.2 Å². The van der Waals surface area contributed by atoms with E-state index < -0.39 is 0 Å². The van der Waals surface area contributed by atoms with Gasteiger partial charge < -0.3 is 15.6 Å². The quantitative estimate of drug-likeness (QED) is 0.641. The summed E-state index contributed by atoms with van der Waals surface area (Å²) in [6.45, 7) is 4.55. The molecule has 86 valence electrons. The molecule has 0 aliphatic rings. The van der Waals surface area contributed by atoms with Crippen molar-refractivity contribution >= 4 is 0 Å². The first kappa shape index (κ1) is 12.2. The highest BCUT2D eigenvalue weighted by Gasteiger charge is 1.98. The van der Waals surface area contributed by atoms with Crippen LogP contribution < -0.4 is 11.1 Å². The van der Waals surface area contributed by atoms with Crippen LogP contribution in [0.2, 0.25) is 0 Å². The van der Waals surface area contributed by atoms with Gasteiger partial charge in [-0.3, -0.25) is 0 Å². The molecule has 0 aliphatic carbocycles. The van der Waals surface area contributed by atoms with Gasteiger partial charge in [-0.05, 0) is 32.9 Å². The SMILES string of the molecule is Cc1cc(CNCCCCCCN)on1. The van der Waals surface area contributed by atoms with Crippen LogP contribution in [-0.2, 0) is 6.54 Å². The lowest BCUT2D eigenvalue weighted by Crippen LogP contribution is -2.14.